The molecule has 0 amide bonds. The van der Waals surface area contributed by atoms with E-state index in [1.807, 2.05) is 0 Å². The molecule has 20 heavy (non-hydrogen) atoms. The van der Waals surface area contributed by atoms with Crippen molar-refractivity contribution in [3.8, 4) is 10.6 Å². The van der Waals surface area contributed by atoms with Gasteiger partial charge in [-0.3, -0.25) is 0 Å². The number of nitrogens with zero attached hydrogens (tertiary/aromatic N) is 2. The van der Waals surface area contributed by atoms with Crippen LogP contribution in [0.25, 0.3) is 10.6 Å². The fourth-order valence-electron chi connectivity index (χ4n) is 1.50. The molecule has 5 nitrogen and oxygen atoms in total. The van der Waals surface area contributed by atoms with Crippen LogP contribution in [0.5, 0.6) is 0 Å². The topological polar surface area (TPSA) is 78.1 Å². The van der Waals surface area contributed by atoms with Crippen molar-refractivity contribution in [1.29, 1.82) is 0 Å². The fraction of sp³-hybridized carbons (Fsp3) is 0.182. The van der Waals surface area contributed by atoms with E-state index in [-0.39, 0.29) is 22.0 Å². The van der Waals surface area contributed by atoms with Crippen molar-refractivity contribution in [2.24, 2.45) is 0 Å². The van der Waals surface area contributed by atoms with Crippen LogP contribution >= 0.6 is 11.3 Å². The molecule has 0 unspecified atom stereocenters. The first-order valence-corrected chi connectivity index (χ1v) is 6.08. The van der Waals surface area contributed by atoms with Gasteiger partial charge in [0, 0.05) is 17.1 Å². The summed E-state index contributed by atoms with van der Waals surface area (Å²) in [4.78, 5) is 18.8. The minimum atomic E-state index is -4.54. The van der Waals surface area contributed by atoms with Crippen molar-refractivity contribution in [1.82, 2.24) is 9.97 Å². The number of hydrogen-bond acceptors (Lipinski definition) is 6. The lowest BCUT2D eigenvalue weighted by atomic mass is 10.1. The quantitative estimate of drug-likeness (QED) is 0.863. The monoisotopic (exact) mass is 303 g/mol. The third kappa shape index (κ3) is 2.57. The highest BCUT2D eigenvalue weighted by molar-refractivity contribution is 7.13. The highest BCUT2D eigenvalue weighted by Crippen LogP contribution is 2.35. The number of halogens is 3. The summed E-state index contributed by atoms with van der Waals surface area (Å²) < 4.78 is 42.2. The van der Waals surface area contributed by atoms with E-state index in [0.29, 0.717) is 0 Å². The lowest BCUT2D eigenvalue weighted by Crippen LogP contribution is -2.09. The molecular weight excluding hydrogens is 295 g/mol. The summed E-state index contributed by atoms with van der Waals surface area (Å²) in [5.74, 6) is -0.910. The number of carbonyl (C=O) groups is 1. The van der Waals surface area contributed by atoms with Gasteiger partial charge in [0.15, 0.2) is 5.69 Å². The van der Waals surface area contributed by atoms with E-state index in [1.165, 1.54) is 12.3 Å². The molecule has 0 fully saturated rings. The second-order valence-electron chi connectivity index (χ2n) is 3.65. The summed E-state index contributed by atoms with van der Waals surface area (Å²) in [6.45, 7) is 0. The molecule has 9 heteroatoms. The lowest BCUT2D eigenvalue weighted by molar-refractivity contribution is -0.140. The number of esters is 1. The van der Waals surface area contributed by atoms with Gasteiger partial charge in [-0.25, -0.2) is 14.8 Å². The SMILES string of the molecule is COC(=O)c1c(-c2nc(C(F)(F)F)cs2)ccnc1N. The first-order valence-electron chi connectivity index (χ1n) is 5.20. The Balaban J connectivity index is 2.56. The van der Waals surface area contributed by atoms with Gasteiger partial charge in [-0.15, -0.1) is 11.3 Å². The maximum absolute atomic E-state index is 12.5. The number of pyridine rings is 1. The molecular formula is C11H8F3N3O2S. The third-order valence-corrected chi connectivity index (χ3v) is 3.27. The lowest BCUT2D eigenvalue weighted by Gasteiger charge is -2.07. The molecule has 0 aliphatic heterocycles. The van der Waals surface area contributed by atoms with Crippen LogP contribution in [0.1, 0.15) is 16.1 Å². The summed E-state index contributed by atoms with van der Waals surface area (Å²) in [6.07, 6.45) is -3.26. The van der Waals surface area contributed by atoms with Crippen LogP contribution < -0.4 is 5.73 Å². The van der Waals surface area contributed by atoms with Crippen LogP contribution in [0.2, 0.25) is 0 Å². The minimum Gasteiger partial charge on any atom is -0.465 e. The highest BCUT2D eigenvalue weighted by Gasteiger charge is 2.34. The maximum atomic E-state index is 12.5. The van der Waals surface area contributed by atoms with Crippen LogP contribution in [0.15, 0.2) is 17.6 Å². The Kier molecular flexibility index (Phi) is 3.62. The summed E-state index contributed by atoms with van der Waals surface area (Å²) >= 11 is 0.758. The van der Waals surface area contributed by atoms with Crippen molar-refractivity contribution in [3.63, 3.8) is 0 Å². The van der Waals surface area contributed by atoms with Crippen LogP contribution in [-0.2, 0) is 10.9 Å². The minimum absolute atomic E-state index is 0.0202. The maximum Gasteiger partial charge on any atom is 0.434 e. The zero-order valence-corrected chi connectivity index (χ0v) is 10.9. The molecule has 2 aromatic heterocycles. The van der Waals surface area contributed by atoms with E-state index in [0.717, 1.165) is 23.8 Å². The average Bonchev–Trinajstić information content (AvgIpc) is 2.87. The molecule has 0 aliphatic rings. The number of carbonyl (C=O) groups excluding carboxylic acids is 1. The molecule has 0 saturated heterocycles. The Morgan fingerprint density at radius 1 is 1.45 bits per heavy atom. The van der Waals surface area contributed by atoms with E-state index >= 15 is 0 Å². The first kappa shape index (κ1) is 14.3. The standard InChI is InChI=1S/C11H8F3N3O2S/c1-19-10(18)7-5(2-3-16-8(7)15)9-17-6(4-20-9)11(12,13)14/h2-4H,1H3,(H2,15,16). The van der Waals surface area contributed by atoms with E-state index in [9.17, 15) is 18.0 Å². The molecule has 2 aromatic rings. The van der Waals surface area contributed by atoms with E-state index in [4.69, 9.17) is 5.73 Å². The van der Waals surface area contributed by atoms with E-state index < -0.39 is 17.8 Å². The molecule has 2 N–H and O–H groups in total. The first-order chi connectivity index (χ1) is 9.34. The molecule has 0 aromatic carbocycles. The third-order valence-electron chi connectivity index (χ3n) is 2.39. The number of nitrogens with two attached hydrogens (primary N) is 1. The Morgan fingerprint density at radius 2 is 2.15 bits per heavy atom. The van der Waals surface area contributed by atoms with Crippen molar-refractivity contribution in [3.05, 3.63) is 28.9 Å². The van der Waals surface area contributed by atoms with Crippen LogP contribution in [0.3, 0.4) is 0 Å². The Labute approximate surface area is 115 Å². The molecule has 0 saturated carbocycles. The summed E-state index contributed by atoms with van der Waals surface area (Å²) in [6, 6.07) is 1.36. The molecule has 106 valence electrons. The van der Waals surface area contributed by atoms with Gasteiger partial charge in [0.1, 0.15) is 16.4 Å². The second kappa shape index (κ2) is 5.08. The molecule has 0 spiro atoms. The number of thiazole rings is 1. The zero-order chi connectivity index (χ0) is 14.9. The van der Waals surface area contributed by atoms with Gasteiger partial charge in [0.25, 0.3) is 0 Å². The molecule has 0 atom stereocenters. The molecule has 2 rings (SSSR count). The van der Waals surface area contributed by atoms with Gasteiger partial charge in [-0.2, -0.15) is 13.2 Å². The normalized spacial score (nSPS) is 11.4. The number of rotatable bonds is 2. The number of alkyl halides is 3. The number of ether oxygens (including phenoxy) is 1. The molecule has 0 aliphatic carbocycles. The van der Waals surface area contributed by atoms with Gasteiger partial charge < -0.3 is 10.5 Å². The van der Waals surface area contributed by atoms with Crippen molar-refractivity contribution in [2.75, 3.05) is 12.8 Å². The molecule has 2 heterocycles. The van der Waals surface area contributed by atoms with Crippen LogP contribution in [0, 0.1) is 0 Å². The highest BCUT2D eigenvalue weighted by atomic mass is 32.1. The number of aromatic nitrogens is 2. The number of hydrogen-bond donors (Lipinski definition) is 1. The molecule has 0 radical (unpaired) electrons. The summed E-state index contributed by atoms with van der Waals surface area (Å²) in [5, 5.41) is 0.888. The predicted molar refractivity (Wildman–Crippen MR) is 66.1 cm³/mol. The van der Waals surface area contributed by atoms with Crippen LogP contribution in [0.4, 0.5) is 19.0 Å². The van der Waals surface area contributed by atoms with Gasteiger partial charge in [-0.1, -0.05) is 0 Å². The summed E-state index contributed by atoms with van der Waals surface area (Å²) in [5.41, 5.74) is 4.60. The fourth-order valence-corrected chi connectivity index (χ4v) is 2.36. The second-order valence-corrected chi connectivity index (χ2v) is 4.50. The van der Waals surface area contributed by atoms with Crippen molar-refractivity contribution >= 4 is 23.1 Å². The Morgan fingerprint density at radius 3 is 2.70 bits per heavy atom. The summed E-state index contributed by atoms with van der Waals surface area (Å²) in [7, 11) is 1.14. The Hall–Kier alpha value is -2.16. The predicted octanol–water partition coefficient (Wildman–Crippen LogP) is 2.59. The van der Waals surface area contributed by atoms with E-state index in [1.54, 1.807) is 0 Å². The van der Waals surface area contributed by atoms with Gasteiger partial charge in [0.2, 0.25) is 0 Å². The van der Waals surface area contributed by atoms with Gasteiger partial charge in [0.05, 0.1) is 7.11 Å². The molecule has 0 bridgehead atoms. The number of methoxy groups -OCH3 is 1. The Bertz CT molecular complexity index is 655. The largest absolute Gasteiger partial charge is 0.465 e. The number of anilines is 1. The number of nitrogen functional groups attached to an aromatic ring is 1. The van der Waals surface area contributed by atoms with Crippen molar-refractivity contribution < 1.29 is 22.7 Å². The van der Waals surface area contributed by atoms with Gasteiger partial charge >= 0.3 is 12.1 Å². The van der Waals surface area contributed by atoms with E-state index in [2.05, 4.69) is 14.7 Å². The van der Waals surface area contributed by atoms with Crippen molar-refractivity contribution in [2.45, 2.75) is 6.18 Å². The smallest absolute Gasteiger partial charge is 0.434 e. The zero-order valence-electron chi connectivity index (χ0n) is 10.1. The van der Waals surface area contributed by atoms with Gasteiger partial charge in [-0.05, 0) is 6.07 Å². The average molecular weight is 303 g/mol. The van der Waals surface area contributed by atoms with Crippen LogP contribution in [-0.4, -0.2) is 23.0 Å².